The summed E-state index contributed by atoms with van der Waals surface area (Å²) in [5.41, 5.74) is 3.79. The summed E-state index contributed by atoms with van der Waals surface area (Å²) in [4.78, 5) is 22.1. The average Bonchev–Trinajstić information content (AvgIpc) is 3.17. The van der Waals surface area contributed by atoms with Gasteiger partial charge in [-0.05, 0) is 48.6 Å². The first kappa shape index (κ1) is 21.7. The van der Waals surface area contributed by atoms with Gasteiger partial charge in [0.15, 0.2) is 0 Å². The summed E-state index contributed by atoms with van der Waals surface area (Å²) in [5, 5.41) is 4.18. The predicted molar refractivity (Wildman–Crippen MR) is 112 cm³/mol. The molecule has 0 aliphatic carbocycles. The summed E-state index contributed by atoms with van der Waals surface area (Å²) in [6.07, 6.45) is -1.51. The first-order valence-corrected chi connectivity index (χ1v) is 10.8. The van der Waals surface area contributed by atoms with Crippen LogP contribution in [0, 0.1) is 5.82 Å². The lowest BCUT2D eigenvalue weighted by molar-refractivity contribution is -0.274. The molecule has 3 aromatic rings. The minimum absolute atomic E-state index is 0.0519. The molecular formula is C23H22F4N4O2. The molecule has 2 aliphatic rings. The fraction of sp³-hybridized carbons (Fsp3) is 0.391. The number of nitrogens with one attached hydrogen (secondary N) is 2. The van der Waals surface area contributed by atoms with Crippen LogP contribution in [-0.4, -0.2) is 46.8 Å². The molecule has 0 atom stereocenters. The number of amides is 1. The Morgan fingerprint density at radius 1 is 1.15 bits per heavy atom. The SMILES string of the molecule is O=C(c1ccc(OC(F)(F)F)cc1)N1CCC(c2c(F)cnc3[nH]c4c(c23)CNCC4)CC1. The van der Waals surface area contributed by atoms with E-state index in [2.05, 4.69) is 20.0 Å². The van der Waals surface area contributed by atoms with E-state index in [-0.39, 0.29) is 29.0 Å². The molecule has 5 rings (SSSR count). The summed E-state index contributed by atoms with van der Waals surface area (Å²) < 4.78 is 55.8. The Kier molecular flexibility index (Phi) is 5.48. The number of pyridine rings is 1. The van der Waals surface area contributed by atoms with Crippen molar-refractivity contribution in [2.45, 2.75) is 38.1 Å². The maximum atomic E-state index is 15.0. The number of fused-ring (bicyclic) bond motifs is 3. The van der Waals surface area contributed by atoms with Gasteiger partial charge in [0.25, 0.3) is 5.91 Å². The molecule has 0 bridgehead atoms. The third-order valence-corrected chi connectivity index (χ3v) is 6.38. The number of piperidine rings is 1. The lowest BCUT2D eigenvalue weighted by atomic mass is 9.86. The Labute approximate surface area is 186 Å². The molecule has 2 aliphatic heterocycles. The summed E-state index contributed by atoms with van der Waals surface area (Å²) in [7, 11) is 0. The molecule has 33 heavy (non-hydrogen) atoms. The van der Waals surface area contributed by atoms with Gasteiger partial charge in [0, 0.05) is 54.8 Å². The summed E-state index contributed by atoms with van der Waals surface area (Å²) in [6, 6.07) is 4.89. The van der Waals surface area contributed by atoms with Crippen LogP contribution in [0.3, 0.4) is 0 Å². The molecule has 0 spiro atoms. The number of alkyl halides is 3. The van der Waals surface area contributed by atoms with Crippen LogP contribution in [0.15, 0.2) is 30.5 Å². The third-order valence-electron chi connectivity index (χ3n) is 6.38. The number of aromatic amines is 1. The Morgan fingerprint density at radius 2 is 1.88 bits per heavy atom. The number of carbonyl (C=O) groups is 1. The summed E-state index contributed by atoms with van der Waals surface area (Å²) in [5.74, 6) is -1.03. The number of rotatable bonds is 3. The number of likely N-dealkylation sites (tertiary alicyclic amines) is 1. The smallest absolute Gasteiger partial charge is 0.406 e. The molecule has 2 N–H and O–H groups in total. The topological polar surface area (TPSA) is 70.2 Å². The van der Waals surface area contributed by atoms with Gasteiger partial charge in [-0.25, -0.2) is 9.37 Å². The van der Waals surface area contributed by atoms with Crippen molar-refractivity contribution < 1.29 is 27.1 Å². The molecule has 0 unspecified atom stereocenters. The van der Waals surface area contributed by atoms with Crippen molar-refractivity contribution in [3.05, 3.63) is 58.7 Å². The molecule has 174 valence electrons. The van der Waals surface area contributed by atoms with Crippen LogP contribution in [0.25, 0.3) is 11.0 Å². The van der Waals surface area contributed by atoms with Crippen molar-refractivity contribution in [1.82, 2.24) is 20.2 Å². The van der Waals surface area contributed by atoms with E-state index in [1.54, 1.807) is 4.90 Å². The van der Waals surface area contributed by atoms with Crippen molar-refractivity contribution >= 4 is 16.9 Å². The van der Waals surface area contributed by atoms with Gasteiger partial charge in [-0.15, -0.1) is 13.2 Å². The van der Waals surface area contributed by atoms with Crippen molar-refractivity contribution in [2.24, 2.45) is 0 Å². The molecule has 4 heterocycles. The summed E-state index contributed by atoms with van der Waals surface area (Å²) >= 11 is 0. The largest absolute Gasteiger partial charge is 0.573 e. The number of benzene rings is 1. The van der Waals surface area contributed by atoms with Gasteiger partial charge in [-0.3, -0.25) is 4.79 Å². The first-order valence-electron chi connectivity index (χ1n) is 10.8. The second kappa shape index (κ2) is 8.33. The van der Waals surface area contributed by atoms with Crippen LogP contribution in [0.4, 0.5) is 17.6 Å². The normalized spacial score (nSPS) is 17.3. The van der Waals surface area contributed by atoms with Gasteiger partial charge in [0.1, 0.15) is 17.2 Å². The number of carbonyl (C=O) groups excluding carboxylic acids is 1. The molecule has 0 radical (unpaired) electrons. The van der Waals surface area contributed by atoms with E-state index < -0.39 is 6.36 Å². The molecular weight excluding hydrogens is 440 g/mol. The monoisotopic (exact) mass is 462 g/mol. The van der Waals surface area contributed by atoms with E-state index >= 15 is 0 Å². The average molecular weight is 462 g/mol. The van der Waals surface area contributed by atoms with Gasteiger partial charge in [0.2, 0.25) is 0 Å². The maximum absolute atomic E-state index is 15.0. The molecule has 0 saturated carbocycles. The summed E-state index contributed by atoms with van der Waals surface area (Å²) in [6.45, 7) is 2.39. The van der Waals surface area contributed by atoms with Gasteiger partial charge in [0.05, 0.1) is 6.20 Å². The number of H-pyrrole nitrogens is 1. The molecule has 1 aromatic carbocycles. The van der Waals surface area contributed by atoms with Gasteiger partial charge in [-0.1, -0.05) is 0 Å². The lowest BCUT2D eigenvalue weighted by Gasteiger charge is -2.33. The number of aromatic nitrogens is 2. The number of ether oxygens (including phenoxy) is 1. The van der Waals surface area contributed by atoms with Crippen LogP contribution < -0.4 is 10.1 Å². The molecule has 1 saturated heterocycles. The highest BCUT2D eigenvalue weighted by Crippen LogP contribution is 2.38. The quantitative estimate of drug-likeness (QED) is 0.571. The standard InChI is InChI=1S/C23H22F4N4O2/c24-17-12-29-21-20(16-11-28-8-5-18(16)30-21)19(17)13-6-9-31(10-7-13)22(32)14-1-3-15(4-2-14)33-23(25,26)27/h1-4,12-13,28H,5-11H2,(H,29,30). The number of halogens is 4. The van der Waals surface area contributed by atoms with Crippen LogP contribution >= 0.6 is 0 Å². The second-order valence-electron chi connectivity index (χ2n) is 8.39. The van der Waals surface area contributed by atoms with Crippen molar-refractivity contribution in [1.29, 1.82) is 0 Å². The molecule has 1 amide bonds. The Balaban J connectivity index is 1.31. The van der Waals surface area contributed by atoms with E-state index in [1.165, 1.54) is 18.3 Å². The van der Waals surface area contributed by atoms with Crippen LogP contribution in [0.1, 0.15) is 45.9 Å². The predicted octanol–water partition coefficient (Wildman–Crippen LogP) is 4.27. The zero-order chi connectivity index (χ0) is 23.2. The Bertz CT molecular complexity index is 1180. The molecule has 1 fully saturated rings. The number of nitrogens with zero attached hydrogens (tertiary/aromatic N) is 2. The molecule has 2 aromatic heterocycles. The van der Waals surface area contributed by atoms with Crippen molar-refractivity contribution in [2.75, 3.05) is 19.6 Å². The molecule has 10 heteroatoms. The van der Waals surface area contributed by atoms with Crippen LogP contribution in [0.2, 0.25) is 0 Å². The zero-order valence-electron chi connectivity index (χ0n) is 17.6. The molecule has 6 nitrogen and oxygen atoms in total. The number of hydrogen-bond acceptors (Lipinski definition) is 4. The highest BCUT2D eigenvalue weighted by atomic mass is 19.4. The van der Waals surface area contributed by atoms with Gasteiger partial charge >= 0.3 is 6.36 Å². The number of hydrogen-bond donors (Lipinski definition) is 2. The zero-order valence-corrected chi connectivity index (χ0v) is 17.6. The maximum Gasteiger partial charge on any atom is 0.573 e. The van der Waals surface area contributed by atoms with Crippen LogP contribution in [0.5, 0.6) is 5.75 Å². The Morgan fingerprint density at radius 3 is 2.58 bits per heavy atom. The highest BCUT2D eigenvalue weighted by Gasteiger charge is 2.32. The fourth-order valence-corrected chi connectivity index (χ4v) is 4.86. The van der Waals surface area contributed by atoms with E-state index in [4.69, 9.17) is 0 Å². The van der Waals surface area contributed by atoms with E-state index in [0.29, 0.717) is 43.7 Å². The van der Waals surface area contributed by atoms with Crippen molar-refractivity contribution in [3.8, 4) is 5.75 Å². The van der Waals surface area contributed by atoms with E-state index in [0.717, 1.165) is 41.7 Å². The second-order valence-corrected chi connectivity index (χ2v) is 8.39. The van der Waals surface area contributed by atoms with E-state index in [1.807, 2.05) is 0 Å². The van der Waals surface area contributed by atoms with E-state index in [9.17, 15) is 22.4 Å². The van der Waals surface area contributed by atoms with Gasteiger partial charge < -0.3 is 19.9 Å². The minimum Gasteiger partial charge on any atom is -0.406 e. The minimum atomic E-state index is -4.78. The Hall–Kier alpha value is -3.14. The lowest BCUT2D eigenvalue weighted by Crippen LogP contribution is -2.38. The first-order chi connectivity index (χ1) is 15.8. The highest BCUT2D eigenvalue weighted by molar-refractivity contribution is 5.94. The van der Waals surface area contributed by atoms with Crippen LogP contribution in [-0.2, 0) is 13.0 Å². The third kappa shape index (κ3) is 4.27. The fourth-order valence-electron chi connectivity index (χ4n) is 4.86. The van der Waals surface area contributed by atoms with Crippen molar-refractivity contribution in [3.63, 3.8) is 0 Å². The van der Waals surface area contributed by atoms with Gasteiger partial charge in [-0.2, -0.15) is 0 Å².